The van der Waals surface area contributed by atoms with Crippen molar-refractivity contribution < 1.29 is 8.78 Å². The highest BCUT2D eigenvalue weighted by atomic mass is 19.3. The van der Waals surface area contributed by atoms with E-state index < -0.39 is 6.43 Å². The zero-order valence-electron chi connectivity index (χ0n) is 9.16. The molecule has 0 fully saturated rings. The van der Waals surface area contributed by atoms with Gasteiger partial charge in [-0.1, -0.05) is 49.4 Å². The molecule has 0 aliphatic rings. The summed E-state index contributed by atoms with van der Waals surface area (Å²) in [6, 6.07) is 13.9. The zero-order valence-corrected chi connectivity index (χ0v) is 9.16. The van der Waals surface area contributed by atoms with Gasteiger partial charge in [-0.2, -0.15) is 0 Å². The first-order valence-electron chi connectivity index (χ1n) is 5.43. The topological polar surface area (TPSA) is 0 Å². The van der Waals surface area contributed by atoms with Gasteiger partial charge in [0.05, 0.1) is 0 Å². The first-order chi connectivity index (χ1) is 7.66. The predicted octanol–water partition coefficient (Wildman–Crippen LogP) is 4.60. The second-order valence-corrected chi connectivity index (χ2v) is 4.13. The highest BCUT2D eigenvalue weighted by Gasteiger charge is 2.12. The van der Waals surface area contributed by atoms with E-state index in [0.29, 0.717) is 0 Å². The Hall–Kier alpha value is -1.44. The highest BCUT2D eigenvalue weighted by Crippen LogP contribution is 2.25. The Kier molecular flexibility index (Phi) is 3.18. The monoisotopic (exact) mass is 220 g/mol. The summed E-state index contributed by atoms with van der Waals surface area (Å²) in [5, 5.41) is 2.26. The molecular weight excluding hydrogens is 206 g/mol. The van der Waals surface area contributed by atoms with Crippen molar-refractivity contribution in [3.05, 3.63) is 48.0 Å². The van der Waals surface area contributed by atoms with Gasteiger partial charge in [-0.05, 0) is 22.3 Å². The second kappa shape index (κ2) is 4.60. The van der Waals surface area contributed by atoms with Crippen molar-refractivity contribution in [3.8, 4) is 0 Å². The van der Waals surface area contributed by atoms with Gasteiger partial charge in [-0.15, -0.1) is 0 Å². The zero-order chi connectivity index (χ0) is 11.5. The van der Waals surface area contributed by atoms with E-state index in [-0.39, 0.29) is 12.3 Å². The van der Waals surface area contributed by atoms with E-state index in [1.165, 1.54) is 0 Å². The van der Waals surface area contributed by atoms with Crippen molar-refractivity contribution in [2.24, 2.45) is 0 Å². The molecule has 0 amide bonds. The first-order valence-corrected chi connectivity index (χ1v) is 5.43. The summed E-state index contributed by atoms with van der Waals surface area (Å²) < 4.78 is 24.6. The first kappa shape index (κ1) is 11.1. The molecule has 0 radical (unpaired) electrons. The van der Waals surface area contributed by atoms with Crippen LogP contribution in [0.25, 0.3) is 10.8 Å². The maximum atomic E-state index is 12.3. The number of hydrogen-bond donors (Lipinski definition) is 0. The maximum absolute atomic E-state index is 12.3. The molecule has 0 nitrogen and oxygen atoms in total. The molecule has 0 bridgehead atoms. The number of fused-ring (bicyclic) bond motifs is 1. The molecule has 2 heteroatoms. The number of hydrogen-bond acceptors (Lipinski definition) is 0. The Morgan fingerprint density at radius 1 is 1.00 bits per heavy atom. The highest BCUT2D eigenvalue weighted by molar-refractivity contribution is 5.83. The minimum absolute atomic E-state index is 0.0711. The van der Waals surface area contributed by atoms with Gasteiger partial charge >= 0.3 is 0 Å². The van der Waals surface area contributed by atoms with E-state index in [1.54, 1.807) is 0 Å². The van der Waals surface area contributed by atoms with Gasteiger partial charge in [0.1, 0.15) is 0 Å². The second-order valence-electron chi connectivity index (χ2n) is 4.13. The van der Waals surface area contributed by atoms with Crippen LogP contribution in [0.2, 0.25) is 0 Å². The van der Waals surface area contributed by atoms with Crippen LogP contribution >= 0.6 is 0 Å². The van der Waals surface area contributed by atoms with Crippen molar-refractivity contribution >= 4 is 10.8 Å². The molecule has 0 heterocycles. The van der Waals surface area contributed by atoms with Gasteiger partial charge in [0.25, 0.3) is 0 Å². The van der Waals surface area contributed by atoms with Gasteiger partial charge in [0.15, 0.2) is 0 Å². The molecule has 16 heavy (non-hydrogen) atoms. The fourth-order valence-electron chi connectivity index (χ4n) is 1.92. The number of rotatable bonds is 3. The van der Waals surface area contributed by atoms with E-state index in [1.807, 2.05) is 49.4 Å². The largest absolute Gasteiger partial charge is 0.239 e. The molecule has 0 spiro atoms. The Balaban J connectivity index is 2.32. The Labute approximate surface area is 93.9 Å². The van der Waals surface area contributed by atoms with Crippen LogP contribution in [0.15, 0.2) is 42.5 Å². The van der Waals surface area contributed by atoms with Gasteiger partial charge in [0.2, 0.25) is 6.43 Å². The van der Waals surface area contributed by atoms with Crippen molar-refractivity contribution in [2.45, 2.75) is 25.7 Å². The van der Waals surface area contributed by atoms with Crippen molar-refractivity contribution in [1.82, 2.24) is 0 Å². The molecule has 1 atom stereocenters. The smallest absolute Gasteiger partial charge is 0.211 e. The van der Waals surface area contributed by atoms with Crippen LogP contribution in [-0.4, -0.2) is 6.43 Å². The lowest BCUT2D eigenvalue weighted by atomic mass is 9.95. The molecule has 1 unspecified atom stereocenters. The average molecular weight is 220 g/mol. The van der Waals surface area contributed by atoms with Crippen molar-refractivity contribution in [1.29, 1.82) is 0 Å². The van der Waals surface area contributed by atoms with Gasteiger partial charge in [-0.25, -0.2) is 8.78 Å². The third-order valence-electron chi connectivity index (χ3n) is 2.87. The fourth-order valence-corrected chi connectivity index (χ4v) is 1.92. The van der Waals surface area contributed by atoms with E-state index in [0.717, 1.165) is 16.3 Å². The SMILES string of the molecule is CC(CC(F)F)c1ccc2ccccc2c1. The van der Waals surface area contributed by atoms with Gasteiger partial charge in [0, 0.05) is 6.42 Å². The summed E-state index contributed by atoms with van der Waals surface area (Å²) in [7, 11) is 0. The van der Waals surface area contributed by atoms with Gasteiger partial charge < -0.3 is 0 Å². The minimum Gasteiger partial charge on any atom is -0.211 e. The van der Waals surface area contributed by atoms with Crippen LogP contribution in [0.5, 0.6) is 0 Å². The van der Waals surface area contributed by atoms with Crippen LogP contribution < -0.4 is 0 Å². The summed E-state index contributed by atoms with van der Waals surface area (Å²) in [6.45, 7) is 1.84. The summed E-state index contributed by atoms with van der Waals surface area (Å²) in [5.74, 6) is -0.0930. The van der Waals surface area contributed by atoms with E-state index in [9.17, 15) is 8.78 Å². The van der Waals surface area contributed by atoms with E-state index in [2.05, 4.69) is 0 Å². The molecule has 0 aliphatic carbocycles. The molecule has 84 valence electrons. The van der Waals surface area contributed by atoms with Gasteiger partial charge in [-0.3, -0.25) is 0 Å². The van der Waals surface area contributed by atoms with E-state index >= 15 is 0 Å². The van der Waals surface area contributed by atoms with Crippen LogP contribution in [0.1, 0.15) is 24.8 Å². The Bertz CT molecular complexity index is 477. The third-order valence-corrected chi connectivity index (χ3v) is 2.87. The number of halogens is 2. The quantitative estimate of drug-likeness (QED) is 0.709. The Morgan fingerprint density at radius 2 is 1.69 bits per heavy atom. The molecule has 0 aliphatic heterocycles. The molecule has 2 aromatic rings. The molecule has 0 N–H and O–H groups in total. The fraction of sp³-hybridized carbons (Fsp3) is 0.286. The van der Waals surface area contributed by atoms with Crippen molar-refractivity contribution in [3.63, 3.8) is 0 Å². The molecule has 2 rings (SSSR count). The lowest BCUT2D eigenvalue weighted by molar-refractivity contribution is 0.130. The predicted molar refractivity (Wildman–Crippen MR) is 63.0 cm³/mol. The molecule has 2 aromatic carbocycles. The summed E-state index contributed by atoms with van der Waals surface area (Å²) >= 11 is 0. The molecule has 0 saturated heterocycles. The number of alkyl halides is 2. The van der Waals surface area contributed by atoms with Crippen LogP contribution in [0, 0.1) is 0 Å². The summed E-state index contributed by atoms with van der Waals surface area (Å²) in [6.07, 6.45) is -2.31. The van der Waals surface area contributed by atoms with E-state index in [4.69, 9.17) is 0 Å². The molecule has 0 aromatic heterocycles. The molecular formula is C14H14F2. The number of benzene rings is 2. The minimum atomic E-state index is -2.23. The van der Waals surface area contributed by atoms with Crippen LogP contribution in [-0.2, 0) is 0 Å². The van der Waals surface area contributed by atoms with Crippen molar-refractivity contribution in [2.75, 3.05) is 0 Å². The molecule has 0 saturated carbocycles. The van der Waals surface area contributed by atoms with Crippen LogP contribution in [0.3, 0.4) is 0 Å². The Morgan fingerprint density at radius 3 is 2.38 bits per heavy atom. The third kappa shape index (κ3) is 2.38. The standard InChI is InChI=1S/C14H14F2/c1-10(8-14(15)16)12-7-6-11-4-2-3-5-13(11)9-12/h2-7,9-10,14H,8H2,1H3. The lowest BCUT2D eigenvalue weighted by Crippen LogP contribution is -2.00. The summed E-state index contributed by atoms with van der Waals surface area (Å²) in [4.78, 5) is 0. The lowest BCUT2D eigenvalue weighted by Gasteiger charge is -2.12. The normalized spacial score (nSPS) is 13.2. The average Bonchev–Trinajstić information content (AvgIpc) is 2.27. The van der Waals surface area contributed by atoms with Crippen LogP contribution in [0.4, 0.5) is 8.78 Å². The maximum Gasteiger partial charge on any atom is 0.239 e. The summed E-state index contributed by atoms with van der Waals surface area (Å²) in [5.41, 5.74) is 0.985.